The van der Waals surface area contributed by atoms with Crippen molar-refractivity contribution < 1.29 is 4.39 Å². The Balaban J connectivity index is 1.91. The van der Waals surface area contributed by atoms with E-state index in [0.717, 1.165) is 35.2 Å². The molecule has 25 heavy (non-hydrogen) atoms. The minimum atomic E-state index is -0.189. The van der Waals surface area contributed by atoms with E-state index in [4.69, 9.17) is 0 Å². The largest absolute Gasteiger partial charge is 0.361 e. The summed E-state index contributed by atoms with van der Waals surface area (Å²) in [5.74, 6) is -0.189. The Morgan fingerprint density at radius 1 is 1.16 bits per heavy atom. The summed E-state index contributed by atoms with van der Waals surface area (Å²) in [4.78, 5) is 5.87. The van der Waals surface area contributed by atoms with Crippen LogP contribution in [-0.4, -0.2) is 32.8 Å². The topological polar surface area (TPSA) is 36.9 Å². The van der Waals surface area contributed by atoms with Gasteiger partial charge in [-0.1, -0.05) is 6.42 Å². The van der Waals surface area contributed by atoms with Crippen molar-refractivity contribution in [2.75, 3.05) is 13.1 Å². The number of fused-ring (bicyclic) bond motifs is 1. The molecule has 4 rings (SSSR count). The Morgan fingerprint density at radius 2 is 1.92 bits per heavy atom. The number of aromatic amines is 1. The highest BCUT2D eigenvalue weighted by molar-refractivity contribution is 5.84. The van der Waals surface area contributed by atoms with Gasteiger partial charge in [0.1, 0.15) is 5.82 Å². The summed E-state index contributed by atoms with van der Waals surface area (Å²) in [5.41, 5.74) is 5.63. The molecule has 0 bridgehead atoms. The zero-order valence-corrected chi connectivity index (χ0v) is 15.1. The standard InChI is InChI=1S/C20H25FN4/c1-13-19(14(2)24(3)23-13)20(25-9-5-4-6-10-25)17-12-22-18-8-7-15(21)11-16(17)18/h7-8,11-12,20,22H,4-6,9-10H2,1-3H3. The van der Waals surface area contributed by atoms with Crippen LogP contribution in [0, 0.1) is 19.7 Å². The molecule has 3 heterocycles. The fourth-order valence-electron chi connectivity index (χ4n) is 4.24. The maximum atomic E-state index is 13.9. The number of piperidine rings is 1. The van der Waals surface area contributed by atoms with Crippen molar-refractivity contribution in [3.8, 4) is 0 Å². The van der Waals surface area contributed by atoms with Gasteiger partial charge in [-0.25, -0.2) is 4.39 Å². The fourth-order valence-corrected chi connectivity index (χ4v) is 4.24. The number of nitrogens with zero attached hydrogens (tertiary/aromatic N) is 3. The Bertz CT molecular complexity index is 902. The smallest absolute Gasteiger partial charge is 0.123 e. The lowest BCUT2D eigenvalue weighted by Crippen LogP contribution is -2.34. The van der Waals surface area contributed by atoms with Gasteiger partial charge in [0.05, 0.1) is 11.7 Å². The molecule has 5 heteroatoms. The van der Waals surface area contributed by atoms with E-state index >= 15 is 0 Å². The Kier molecular flexibility index (Phi) is 4.12. The maximum absolute atomic E-state index is 13.9. The van der Waals surface area contributed by atoms with Gasteiger partial charge in [0.2, 0.25) is 0 Å². The molecular formula is C20H25FN4. The second kappa shape index (κ2) is 6.30. The van der Waals surface area contributed by atoms with Gasteiger partial charge in [0.25, 0.3) is 0 Å². The highest BCUT2D eigenvalue weighted by atomic mass is 19.1. The predicted octanol–water partition coefficient (Wildman–Crippen LogP) is 4.23. The van der Waals surface area contributed by atoms with Crippen molar-refractivity contribution in [2.45, 2.75) is 39.2 Å². The third kappa shape index (κ3) is 2.76. The number of halogens is 1. The summed E-state index contributed by atoms with van der Waals surface area (Å²) in [5, 5.41) is 5.61. The quantitative estimate of drug-likeness (QED) is 0.774. The second-order valence-corrected chi connectivity index (χ2v) is 7.14. The van der Waals surface area contributed by atoms with Gasteiger partial charge in [-0.05, 0) is 63.5 Å². The third-order valence-corrected chi connectivity index (χ3v) is 5.56. The van der Waals surface area contributed by atoms with Gasteiger partial charge in [0, 0.05) is 35.4 Å². The van der Waals surface area contributed by atoms with E-state index in [1.54, 1.807) is 6.07 Å². The van der Waals surface area contributed by atoms with E-state index in [9.17, 15) is 4.39 Å². The summed E-state index contributed by atoms with van der Waals surface area (Å²) >= 11 is 0. The van der Waals surface area contributed by atoms with Gasteiger partial charge in [-0.2, -0.15) is 5.10 Å². The number of nitrogens with one attached hydrogen (secondary N) is 1. The number of hydrogen-bond donors (Lipinski definition) is 1. The van der Waals surface area contributed by atoms with Crippen LogP contribution in [0.15, 0.2) is 24.4 Å². The number of hydrogen-bond acceptors (Lipinski definition) is 2. The van der Waals surface area contributed by atoms with Crippen LogP contribution in [0.5, 0.6) is 0 Å². The van der Waals surface area contributed by atoms with Gasteiger partial charge < -0.3 is 4.98 Å². The fraction of sp³-hybridized carbons (Fsp3) is 0.450. The molecule has 1 fully saturated rings. The molecule has 0 spiro atoms. The summed E-state index contributed by atoms with van der Waals surface area (Å²) in [6.45, 7) is 6.34. The number of aromatic nitrogens is 3. The predicted molar refractivity (Wildman–Crippen MR) is 98.2 cm³/mol. The average Bonchev–Trinajstić information content (AvgIpc) is 3.12. The zero-order valence-electron chi connectivity index (χ0n) is 15.1. The molecule has 1 unspecified atom stereocenters. The van der Waals surface area contributed by atoms with Crippen LogP contribution >= 0.6 is 0 Å². The molecule has 1 atom stereocenters. The molecular weight excluding hydrogens is 315 g/mol. The van der Waals surface area contributed by atoms with Crippen molar-refractivity contribution in [3.05, 3.63) is 52.7 Å². The number of H-pyrrole nitrogens is 1. The second-order valence-electron chi connectivity index (χ2n) is 7.14. The lowest BCUT2D eigenvalue weighted by Gasteiger charge is -2.35. The molecule has 3 aromatic rings. The van der Waals surface area contributed by atoms with E-state index in [1.807, 2.05) is 17.8 Å². The van der Waals surface area contributed by atoms with Crippen LogP contribution < -0.4 is 0 Å². The average molecular weight is 340 g/mol. The van der Waals surface area contributed by atoms with Crippen LogP contribution in [0.3, 0.4) is 0 Å². The molecule has 0 amide bonds. The molecule has 1 aromatic carbocycles. The van der Waals surface area contributed by atoms with Crippen molar-refractivity contribution in [3.63, 3.8) is 0 Å². The molecule has 0 aliphatic carbocycles. The lowest BCUT2D eigenvalue weighted by molar-refractivity contribution is 0.187. The van der Waals surface area contributed by atoms with E-state index in [0.29, 0.717) is 0 Å². The normalized spacial score (nSPS) is 17.3. The van der Waals surface area contributed by atoms with E-state index in [1.165, 1.54) is 36.6 Å². The summed E-state index contributed by atoms with van der Waals surface area (Å²) in [7, 11) is 1.99. The van der Waals surface area contributed by atoms with Crippen LogP contribution in [0.2, 0.25) is 0 Å². The van der Waals surface area contributed by atoms with E-state index in [-0.39, 0.29) is 11.9 Å². The first kappa shape index (κ1) is 16.3. The molecule has 1 N–H and O–H groups in total. The Morgan fingerprint density at radius 3 is 2.60 bits per heavy atom. The molecule has 0 saturated carbocycles. The molecule has 2 aromatic heterocycles. The van der Waals surface area contributed by atoms with Crippen LogP contribution in [-0.2, 0) is 7.05 Å². The van der Waals surface area contributed by atoms with Crippen molar-refractivity contribution in [2.24, 2.45) is 7.05 Å². The maximum Gasteiger partial charge on any atom is 0.123 e. The first-order valence-electron chi connectivity index (χ1n) is 9.07. The lowest BCUT2D eigenvalue weighted by atomic mass is 9.93. The van der Waals surface area contributed by atoms with Gasteiger partial charge in [-0.15, -0.1) is 0 Å². The van der Waals surface area contributed by atoms with E-state index < -0.39 is 0 Å². The summed E-state index contributed by atoms with van der Waals surface area (Å²) in [6.07, 6.45) is 5.77. The monoisotopic (exact) mass is 340 g/mol. The number of likely N-dealkylation sites (tertiary alicyclic amines) is 1. The van der Waals surface area contributed by atoms with Crippen molar-refractivity contribution in [1.29, 1.82) is 0 Å². The SMILES string of the molecule is Cc1nn(C)c(C)c1C(c1c[nH]c2ccc(F)cc12)N1CCCCC1. The summed E-state index contributed by atoms with van der Waals surface area (Å²) < 4.78 is 15.9. The molecule has 0 radical (unpaired) electrons. The van der Waals surface area contributed by atoms with Crippen molar-refractivity contribution >= 4 is 10.9 Å². The van der Waals surface area contributed by atoms with Crippen LogP contribution in [0.25, 0.3) is 10.9 Å². The number of rotatable bonds is 3. The van der Waals surface area contributed by atoms with E-state index in [2.05, 4.69) is 35.0 Å². The zero-order chi connectivity index (χ0) is 17.6. The molecule has 1 aliphatic rings. The molecule has 1 aliphatic heterocycles. The minimum absolute atomic E-state index is 0.115. The van der Waals surface area contributed by atoms with Gasteiger partial charge >= 0.3 is 0 Å². The number of benzene rings is 1. The third-order valence-electron chi connectivity index (χ3n) is 5.56. The highest BCUT2D eigenvalue weighted by Crippen LogP contribution is 2.38. The summed E-state index contributed by atoms with van der Waals surface area (Å²) in [6, 6.07) is 5.10. The minimum Gasteiger partial charge on any atom is -0.361 e. The van der Waals surface area contributed by atoms with Gasteiger partial charge in [-0.3, -0.25) is 9.58 Å². The van der Waals surface area contributed by atoms with Crippen LogP contribution in [0.1, 0.15) is 47.8 Å². The number of aryl methyl sites for hydroxylation is 2. The van der Waals surface area contributed by atoms with Crippen molar-refractivity contribution in [1.82, 2.24) is 19.7 Å². The molecule has 132 valence electrons. The van der Waals surface area contributed by atoms with Gasteiger partial charge in [0.15, 0.2) is 0 Å². The molecule has 1 saturated heterocycles. The highest BCUT2D eigenvalue weighted by Gasteiger charge is 2.30. The Labute approximate surface area is 147 Å². The first-order chi connectivity index (χ1) is 12.1. The van der Waals surface area contributed by atoms with Crippen LogP contribution in [0.4, 0.5) is 4.39 Å². The molecule has 4 nitrogen and oxygen atoms in total. The first-order valence-corrected chi connectivity index (χ1v) is 9.07. The Hall–Kier alpha value is -2.14.